The van der Waals surface area contributed by atoms with E-state index in [-0.39, 0.29) is 32.7 Å². The van der Waals surface area contributed by atoms with Crippen LogP contribution in [-0.2, 0) is 32.7 Å². The van der Waals surface area contributed by atoms with Gasteiger partial charge in [-0.25, -0.2) is 0 Å². The van der Waals surface area contributed by atoms with Crippen LogP contribution in [0.5, 0.6) is 0 Å². The van der Waals surface area contributed by atoms with Crippen molar-refractivity contribution in [3.05, 3.63) is 157 Å². The molecule has 0 heterocycles. The molecule has 321 valence electrons. The van der Waals surface area contributed by atoms with Gasteiger partial charge in [0.2, 0.25) is 0 Å². The molecule has 1 fully saturated rings. The van der Waals surface area contributed by atoms with Crippen molar-refractivity contribution in [3.8, 4) is 0 Å². The van der Waals surface area contributed by atoms with E-state index >= 15 is 0 Å². The molecule has 56 heavy (non-hydrogen) atoms. The maximum atomic E-state index is 7.00. The molecule has 0 atom stereocenters. The first-order valence-electron chi connectivity index (χ1n) is 21.5. The minimum atomic E-state index is 0. The van der Waals surface area contributed by atoms with Crippen LogP contribution in [0.4, 0.5) is 0 Å². The molecular weight excluding hydrogens is 757 g/mol. The van der Waals surface area contributed by atoms with Gasteiger partial charge in [0.25, 0.3) is 0 Å². The summed E-state index contributed by atoms with van der Waals surface area (Å²) in [5.74, 6) is 0. The van der Waals surface area contributed by atoms with Gasteiger partial charge in [-0.2, -0.15) is 0 Å². The SMILES string of the molecule is C1CCCCC1.CC.CC.CC.CC.CC.CC.CCC.CO.CO.Cc1ccccc1.Cc1ccccc1.[Y].c1ccc2ccccc2c1.c1ccccc1. The average Bonchev–Trinajstić information content (AvgIpc) is 3.32. The summed E-state index contributed by atoms with van der Waals surface area (Å²) in [6, 6.07) is 49.2. The summed E-state index contributed by atoms with van der Waals surface area (Å²) in [4.78, 5) is 0. The standard InChI is InChI=1S/C10H8.2C7H8.C6H12.C6H6.C3H8.6C2H6.2CH4O.Y/c1-2-6-10-8-4-3-7-9(10)5-1;2*1-7-5-3-2-4-6-7;2*1-2-4-6-5-3-1;1-3-2;8*1-2;/h1-8H;2*2-6H,1H3;1-6H2;1-6H;3H2,1-2H3;6*1-2H3;2*2H,1H3;. The van der Waals surface area contributed by atoms with Crippen molar-refractivity contribution in [2.75, 3.05) is 14.2 Å². The van der Waals surface area contributed by atoms with Gasteiger partial charge >= 0.3 is 0 Å². The predicted molar refractivity (Wildman–Crippen MR) is 261 cm³/mol. The Morgan fingerprint density at radius 1 is 0.304 bits per heavy atom. The molecule has 6 rings (SSSR count). The third-order valence-electron chi connectivity index (χ3n) is 5.71. The van der Waals surface area contributed by atoms with Crippen molar-refractivity contribution >= 4 is 10.8 Å². The number of aryl methyl sites for hydroxylation is 2. The Kier molecular flexibility index (Phi) is 113. The molecule has 0 bridgehead atoms. The first kappa shape index (κ1) is 74.4. The number of hydrogen-bond acceptors (Lipinski definition) is 2. The topological polar surface area (TPSA) is 40.5 Å². The quantitative estimate of drug-likeness (QED) is 0.163. The Balaban J connectivity index is -0.0000000638. The first-order valence-corrected chi connectivity index (χ1v) is 21.5. The zero-order valence-electron chi connectivity index (χ0n) is 40.3. The largest absolute Gasteiger partial charge is 0.400 e. The molecule has 1 saturated carbocycles. The average molecular weight is 852 g/mol. The molecule has 3 heteroatoms. The van der Waals surface area contributed by atoms with Crippen molar-refractivity contribution in [3.63, 3.8) is 0 Å². The molecule has 5 aromatic carbocycles. The van der Waals surface area contributed by atoms with Crippen molar-refractivity contribution < 1.29 is 42.9 Å². The third kappa shape index (κ3) is 69.3. The van der Waals surface area contributed by atoms with E-state index in [4.69, 9.17) is 10.2 Å². The number of aliphatic hydroxyl groups is 2. The van der Waals surface area contributed by atoms with Gasteiger partial charge in [0, 0.05) is 46.9 Å². The van der Waals surface area contributed by atoms with Crippen LogP contribution >= 0.6 is 0 Å². The van der Waals surface area contributed by atoms with E-state index in [0.717, 1.165) is 14.2 Å². The second kappa shape index (κ2) is 84.8. The molecular formula is C53H94O2Y. The number of aliphatic hydroxyl groups excluding tert-OH is 2. The Hall–Kier alpha value is -2.62. The van der Waals surface area contributed by atoms with Gasteiger partial charge in [-0.05, 0) is 24.6 Å². The number of fused-ring (bicyclic) bond motifs is 1. The smallest absolute Gasteiger partial charge is 0.0319 e. The fourth-order valence-electron chi connectivity index (χ4n) is 3.65. The van der Waals surface area contributed by atoms with E-state index in [1.165, 1.54) is 66.8 Å². The van der Waals surface area contributed by atoms with E-state index < -0.39 is 0 Å². The van der Waals surface area contributed by atoms with Gasteiger partial charge < -0.3 is 10.2 Å². The van der Waals surface area contributed by atoms with Gasteiger partial charge in [0.1, 0.15) is 0 Å². The molecule has 0 spiro atoms. The number of hydrogen-bond donors (Lipinski definition) is 2. The van der Waals surface area contributed by atoms with Gasteiger partial charge in [0.05, 0.1) is 0 Å². The van der Waals surface area contributed by atoms with Gasteiger partial charge in [0.15, 0.2) is 0 Å². The van der Waals surface area contributed by atoms with Crippen molar-refractivity contribution in [1.29, 1.82) is 0 Å². The second-order valence-corrected chi connectivity index (χ2v) is 9.64. The number of benzene rings is 5. The first-order chi connectivity index (χ1) is 27.2. The molecule has 0 saturated heterocycles. The van der Waals surface area contributed by atoms with E-state index in [1.807, 2.05) is 156 Å². The van der Waals surface area contributed by atoms with Crippen LogP contribution in [0.15, 0.2) is 146 Å². The molecule has 0 aliphatic heterocycles. The summed E-state index contributed by atoms with van der Waals surface area (Å²) < 4.78 is 0. The van der Waals surface area contributed by atoms with Crippen LogP contribution in [0.1, 0.15) is 153 Å². The molecule has 0 aromatic heterocycles. The predicted octanol–water partition coefficient (Wildman–Crippen LogP) is 17.6. The molecule has 0 amide bonds. The summed E-state index contributed by atoms with van der Waals surface area (Å²) >= 11 is 0. The fourth-order valence-corrected chi connectivity index (χ4v) is 3.65. The van der Waals surface area contributed by atoms with Crippen LogP contribution in [0.25, 0.3) is 10.8 Å². The normalized spacial score (nSPS) is 8.57. The van der Waals surface area contributed by atoms with E-state index in [9.17, 15) is 0 Å². The zero-order chi connectivity index (χ0) is 44.2. The molecule has 1 aliphatic rings. The summed E-state index contributed by atoms with van der Waals surface area (Å²) in [5, 5.41) is 16.6. The van der Waals surface area contributed by atoms with Crippen LogP contribution < -0.4 is 0 Å². The maximum Gasteiger partial charge on any atom is 0.0319 e. The van der Waals surface area contributed by atoms with E-state index in [2.05, 4.69) is 100 Å². The van der Waals surface area contributed by atoms with Gasteiger partial charge in [-0.15, -0.1) is 0 Å². The number of rotatable bonds is 0. The summed E-state index contributed by atoms with van der Waals surface area (Å²) in [5.41, 5.74) is 2.64. The van der Waals surface area contributed by atoms with E-state index in [1.54, 1.807) is 0 Å². The Morgan fingerprint density at radius 2 is 0.429 bits per heavy atom. The molecule has 0 unspecified atom stereocenters. The summed E-state index contributed by atoms with van der Waals surface area (Å²) in [7, 11) is 2.00. The maximum absolute atomic E-state index is 7.00. The minimum absolute atomic E-state index is 0. The molecule has 1 radical (unpaired) electrons. The zero-order valence-corrected chi connectivity index (χ0v) is 43.1. The monoisotopic (exact) mass is 852 g/mol. The molecule has 2 N–H and O–H groups in total. The Bertz CT molecular complexity index is 1020. The van der Waals surface area contributed by atoms with Crippen molar-refractivity contribution in [2.45, 2.75) is 156 Å². The molecule has 1 aliphatic carbocycles. The van der Waals surface area contributed by atoms with Gasteiger partial charge in [-0.3, -0.25) is 0 Å². The Labute approximate surface area is 377 Å². The van der Waals surface area contributed by atoms with Crippen molar-refractivity contribution in [2.24, 2.45) is 0 Å². The molecule has 2 nitrogen and oxygen atoms in total. The summed E-state index contributed by atoms with van der Waals surface area (Å²) in [6.45, 7) is 32.4. The summed E-state index contributed by atoms with van der Waals surface area (Å²) in [6.07, 6.45) is 10.2. The van der Waals surface area contributed by atoms with E-state index in [0.29, 0.717) is 0 Å². The van der Waals surface area contributed by atoms with Crippen molar-refractivity contribution in [1.82, 2.24) is 0 Å². The Morgan fingerprint density at radius 3 is 0.554 bits per heavy atom. The second-order valence-electron chi connectivity index (χ2n) is 9.64. The van der Waals surface area contributed by atoms with Crippen LogP contribution in [0, 0.1) is 13.8 Å². The van der Waals surface area contributed by atoms with Crippen LogP contribution in [0.3, 0.4) is 0 Å². The molecule has 5 aromatic rings. The third-order valence-corrected chi connectivity index (χ3v) is 5.71. The van der Waals surface area contributed by atoms with Crippen LogP contribution in [0.2, 0.25) is 0 Å². The van der Waals surface area contributed by atoms with Crippen LogP contribution in [-0.4, -0.2) is 24.4 Å². The van der Waals surface area contributed by atoms with Gasteiger partial charge in [-0.1, -0.05) is 299 Å². The fraction of sp³-hybridized carbons (Fsp3) is 0.472. The minimum Gasteiger partial charge on any atom is -0.400 e.